The van der Waals surface area contributed by atoms with Crippen LogP contribution in [0.25, 0.3) is 11.1 Å². The summed E-state index contributed by atoms with van der Waals surface area (Å²) in [7, 11) is 0. The van der Waals surface area contributed by atoms with E-state index in [0.29, 0.717) is 23.6 Å². The topological polar surface area (TPSA) is 71.5 Å². The van der Waals surface area contributed by atoms with Gasteiger partial charge in [-0.2, -0.15) is 0 Å². The molecule has 0 fully saturated rings. The molecule has 1 unspecified atom stereocenters. The lowest BCUT2D eigenvalue weighted by Crippen LogP contribution is -2.21. The fraction of sp³-hybridized carbons (Fsp3) is 0.182. The van der Waals surface area contributed by atoms with Gasteiger partial charge in [-0.1, -0.05) is 25.1 Å². The van der Waals surface area contributed by atoms with Crippen molar-refractivity contribution in [1.82, 2.24) is 4.98 Å². The second-order valence-corrected chi connectivity index (χ2v) is 6.24. The summed E-state index contributed by atoms with van der Waals surface area (Å²) < 4.78 is 18.8. The predicted octanol–water partition coefficient (Wildman–Crippen LogP) is 4.35. The van der Waals surface area contributed by atoms with E-state index >= 15 is 0 Å². The summed E-state index contributed by atoms with van der Waals surface area (Å²) in [6.07, 6.45) is 2.80. The number of aliphatic hydroxyl groups excluding tert-OH is 1. The first-order chi connectivity index (χ1) is 13.6. The van der Waals surface area contributed by atoms with Crippen molar-refractivity contribution in [2.45, 2.75) is 19.4 Å². The number of aromatic nitrogens is 1. The third kappa shape index (κ3) is 4.72. The van der Waals surface area contributed by atoms with Crippen LogP contribution in [0.2, 0.25) is 0 Å². The van der Waals surface area contributed by atoms with Crippen LogP contribution in [0.1, 0.15) is 25.0 Å². The minimum Gasteiger partial charge on any atom is -0.491 e. The van der Waals surface area contributed by atoms with Gasteiger partial charge in [-0.3, -0.25) is 9.78 Å². The van der Waals surface area contributed by atoms with Crippen molar-refractivity contribution < 1.29 is 19.0 Å². The van der Waals surface area contributed by atoms with Gasteiger partial charge in [0.2, 0.25) is 0 Å². The predicted molar refractivity (Wildman–Crippen MR) is 105 cm³/mol. The maximum Gasteiger partial charge on any atom is 0.257 e. The summed E-state index contributed by atoms with van der Waals surface area (Å²) in [4.78, 5) is 16.5. The van der Waals surface area contributed by atoms with Gasteiger partial charge in [-0.05, 0) is 59.5 Å². The number of carbonyl (C=O) groups is 1. The molecule has 1 aromatic heterocycles. The van der Waals surface area contributed by atoms with Crippen molar-refractivity contribution in [3.05, 3.63) is 78.4 Å². The maximum absolute atomic E-state index is 13.0. The number of hydrogen-bond donors (Lipinski definition) is 2. The first kappa shape index (κ1) is 19.5. The van der Waals surface area contributed by atoms with Crippen LogP contribution in [0.4, 0.5) is 10.1 Å². The van der Waals surface area contributed by atoms with Gasteiger partial charge in [0.25, 0.3) is 5.91 Å². The maximum atomic E-state index is 13.0. The molecule has 0 saturated heterocycles. The molecular weight excluding hydrogens is 359 g/mol. The minimum atomic E-state index is -1.42. The van der Waals surface area contributed by atoms with Gasteiger partial charge in [0, 0.05) is 12.4 Å². The average molecular weight is 380 g/mol. The van der Waals surface area contributed by atoms with E-state index in [2.05, 4.69) is 10.3 Å². The zero-order valence-corrected chi connectivity index (χ0v) is 15.4. The Hall–Kier alpha value is -3.25. The lowest BCUT2D eigenvalue weighted by Gasteiger charge is -2.16. The molecule has 0 aliphatic rings. The van der Waals surface area contributed by atoms with E-state index in [1.807, 2.05) is 31.2 Å². The second-order valence-electron chi connectivity index (χ2n) is 6.24. The molecule has 2 aromatic carbocycles. The number of nitrogens with zero attached hydrogens (tertiary/aromatic N) is 1. The molecule has 3 aromatic rings. The third-order valence-corrected chi connectivity index (χ3v) is 4.15. The highest BCUT2D eigenvalue weighted by Gasteiger charge is 2.19. The number of rotatable bonds is 7. The first-order valence-electron chi connectivity index (χ1n) is 9.00. The van der Waals surface area contributed by atoms with Crippen molar-refractivity contribution in [3.8, 4) is 16.9 Å². The van der Waals surface area contributed by atoms with Crippen molar-refractivity contribution >= 4 is 11.6 Å². The van der Waals surface area contributed by atoms with Crippen molar-refractivity contribution in [3.63, 3.8) is 0 Å². The molecule has 3 rings (SSSR count). The fourth-order valence-corrected chi connectivity index (χ4v) is 2.68. The smallest absolute Gasteiger partial charge is 0.257 e. The Bertz CT molecular complexity index is 930. The number of hydrogen-bond acceptors (Lipinski definition) is 4. The Morgan fingerprint density at radius 3 is 2.50 bits per heavy atom. The van der Waals surface area contributed by atoms with Gasteiger partial charge in [-0.25, -0.2) is 4.39 Å². The summed E-state index contributed by atoms with van der Waals surface area (Å²) in [5, 5.41) is 12.9. The molecule has 1 atom stereocenters. The third-order valence-electron chi connectivity index (χ3n) is 4.15. The Balaban J connectivity index is 1.83. The van der Waals surface area contributed by atoms with E-state index in [0.717, 1.165) is 17.5 Å². The second kappa shape index (κ2) is 9.10. The Morgan fingerprint density at radius 2 is 1.82 bits per heavy atom. The molecule has 0 bridgehead atoms. The summed E-state index contributed by atoms with van der Waals surface area (Å²) in [5.74, 6) is -0.543. The highest BCUT2D eigenvalue weighted by Crippen LogP contribution is 2.31. The zero-order valence-electron chi connectivity index (χ0n) is 15.4. The summed E-state index contributed by atoms with van der Waals surface area (Å²) in [6.45, 7) is 2.48. The number of benzene rings is 2. The van der Waals surface area contributed by atoms with Gasteiger partial charge in [-0.15, -0.1) is 0 Å². The van der Waals surface area contributed by atoms with Crippen LogP contribution in [-0.4, -0.2) is 22.6 Å². The molecule has 6 heteroatoms. The van der Waals surface area contributed by atoms with Crippen LogP contribution in [0.3, 0.4) is 0 Å². The number of pyridine rings is 1. The Kier molecular flexibility index (Phi) is 6.34. The highest BCUT2D eigenvalue weighted by atomic mass is 19.1. The van der Waals surface area contributed by atoms with Gasteiger partial charge in [0.1, 0.15) is 11.6 Å². The lowest BCUT2D eigenvalue weighted by atomic mass is 10.1. The Morgan fingerprint density at radius 1 is 1.11 bits per heavy atom. The number of ether oxygens (including phenoxy) is 1. The number of nitrogens with one attached hydrogen (secondary N) is 1. The number of halogens is 1. The van der Waals surface area contributed by atoms with Gasteiger partial charge in [0.15, 0.2) is 6.10 Å². The SMILES string of the molecule is CCCOc1cc(-c2ccncc2)ccc1NC(=O)C(O)c1ccc(F)cc1. The van der Waals surface area contributed by atoms with E-state index in [-0.39, 0.29) is 0 Å². The standard InChI is InChI=1S/C22H21FN2O3/c1-2-13-28-20-14-17(15-9-11-24-12-10-15)5-8-19(20)25-22(27)21(26)16-3-6-18(23)7-4-16/h3-12,14,21,26H,2,13H2,1H3,(H,25,27). The fourth-order valence-electron chi connectivity index (χ4n) is 2.68. The van der Waals surface area contributed by atoms with Gasteiger partial charge < -0.3 is 15.2 Å². The van der Waals surface area contributed by atoms with Crippen molar-refractivity contribution in [1.29, 1.82) is 0 Å². The van der Waals surface area contributed by atoms with Crippen LogP contribution in [-0.2, 0) is 4.79 Å². The normalized spacial score (nSPS) is 11.7. The highest BCUT2D eigenvalue weighted by molar-refractivity contribution is 5.96. The molecule has 0 spiro atoms. The van der Waals surface area contributed by atoms with E-state index < -0.39 is 17.8 Å². The molecule has 28 heavy (non-hydrogen) atoms. The van der Waals surface area contributed by atoms with Gasteiger partial charge >= 0.3 is 0 Å². The lowest BCUT2D eigenvalue weighted by molar-refractivity contribution is -0.124. The molecule has 2 N–H and O–H groups in total. The monoisotopic (exact) mass is 380 g/mol. The summed E-state index contributed by atoms with van der Waals surface area (Å²) in [5.41, 5.74) is 2.66. The molecule has 0 saturated carbocycles. The summed E-state index contributed by atoms with van der Waals surface area (Å²) in [6, 6.07) is 14.3. The molecule has 0 aliphatic carbocycles. The summed E-state index contributed by atoms with van der Waals surface area (Å²) >= 11 is 0. The molecule has 1 heterocycles. The molecular formula is C22H21FN2O3. The zero-order chi connectivity index (χ0) is 19.9. The van der Waals surface area contributed by atoms with Crippen LogP contribution in [0.5, 0.6) is 5.75 Å². The number of carbonyl (C=O) groups excluding carboxylic acids is 1. The molecule has 144 valence electrons. The van der Waals surface area contributed by atoms with Crippen molar-refractivity contribution in [2.75, 3.05) is 11.9 Å². The van der Waals surface area contributed by atoms with E-state index in [9.17, 15) is 14.3 Å². The number of anilines is 1. The molecule has 0 aliphatic heterocycles. The van der Waals surface area contributed by atoms with Crippen LogP contribution >= 0.6 is 0 Å². The molecule has 5 nitrogen and oxygen atoms in total. The number of aliphatic hydroxyl groups is 1. The minimum absolute atomic E-state index is 0.309. The van der Waals surface area contributed by atoms with Crippen LogP contribution in [0.15, 0.2) is 67.0 Å². The average Bonchev–Trinajstić information content (AvgIpc) is 2.73. The van der Waals surface area contributed by atoms with E-state index in [4.69, 9.17) is 4.74 Å². The van der Waals surface area contributed by atoms with Crippen LogP contribution < -0.4 is 10.1 Å². The first-order valence-corrected chi connectivity index (χ1v) is 9.00. The quantitative estimate of drug-likeness (QED) is 0.639. The van der Waals surface area contributed by atoms with Crippen LogP contribution in [0, 0.1) is 5.82 Å². The molecule has 1 amide bonds. The van der Waals surface area contributed by atoms with Crippen molar-refractivity contribution in [2.24, 2.45) is 0 Å². The molecule has 0 radical (unpaired) electrons. The van der Waals surface area contributed by atoms with E-state index in [1.54, 1.807) is 18.5 Å². The Labute approximate surface area is 162 Å². The largest absolute Gasteiger partial charge is 0.491 e. The van der Waals surface area contributed by atoms with E-state index in [1.165, 1.54) is 24.3 Å². The number of amides is 1. The van der Waals surface area contributed by atoms with Gasteiger partial charge in [0.05, 0.1) is 12.3 Å².